The zero-order valence-corrected chi connectivity index (χ0v) is 12.4. The average molecular weight is 287 g/mol. The van der Waals surface area contributed by atoms with Crippen LogP contribution in [0.25, 0.3) is 0 Å². The molecule has 0 unspecified atom stereocenters. The molecule has 18 heavy (non-hydrogen) atoms. The van der Waals surface area contributed by atoms with Crippen molar-refractivity contribution in [2.24, 2.45) is 5.73 Å². The van der Waals surface area contributed by atoms with E-state index >= 15 is 0 Å². The van der Waals surface area contributed by atoms with Gasteiger partial charge in [-0.25, -0.2) is 13.2 Å². The van der Waals surface area contributed by atoms with Crippen LogP contribution in [0, 0.1) is 0 Å². The van der Waals surface area contributed by atoms with Gasteiger partial charge in [0.05, 0.1) is 6.04 Å². The fourth-order valence-electron chi connectivity index (χ4n) is 2.12. The number of primary amides is 1. The third-order valence-electron chi connectivity index (χ3n) is 2.82. The molecule has 0 radical (unpaired) electrons. The minimum Gasteiger partial charge on any atom is -0.724 e. The van der Waals surface area contributed by atoms with Crippen molar-refractivity contribution in [1.82, 2.24) is 9.96 Å². The minimum absolute atomic E-state index is 0. The second-order valence-electron chi connectivity index (χ2n) is 3.89. The Morgan fingerprint density at radius 2 is 2.06 bits per heavy atom. The SMILES string of the molecule is NC(=O)[C@@H]1CC[C@@H]2CN1C(=O)N2OS(=O)(=O)[O-].[Na+]. The van der Waals surface area contributed by atoms with Crippen LogP contribution in [0.2, 0.25) is 0 Å². The Balaban J connectivity index is 0.00000162. The third-order valence-corrected chi connectivity index (χ3v) is 3.17. The molecule has 2 fully saturated rings. The Bertz CT molecular complexity index is 468. The van der Waals surface area contributed by atoms with Crippen LogP contribution in [0.15, 0.2) is 0 Å². The van der Waals surface area contributed by atoms with E-state index in [0.717, 1.165) is 4.90 Å². The van der Waals surface area contributed by atoms with Gasteiger partial charge in [0, 0.05) is 6.54 Å². The van der Waals surface area contributed by atoms with Crippen molar-refractivity contribution in [3.8, 4) is 0 Å². The fraction of sp³-hybridized carbons (Fsp3) is 0.714. The van der Waals surface area contributed by atoms with Gasteiger partial charge in [0.25, 0.3) is 0 Å². The molecule has 0 aromatic heterocycles. The van der Waals surface area contributed by atoms with Crippen molar-refractivity contribution in [1.29, 1.82) is 0 Å². The molecular weight excluding hydrogens is 277 g/mol. The summed E-state index contributed by atoms with van der Waals surface area (Å²) >= 11 is 0. The van der Waals surface area contributed by atoms with Gasteiger partial charge in [-0.15, -0.1) is 0 Å². The number of fused-ring (bicyclic) bond motifs is 2. The molecule has 0 aromatic carbocycles. The molecule has 2 saturated heterocycles. The molecule has 3 amide bonds. The zero-order chi connectivity index (χ0) is 12.8. The van der Waals surface area contributed by atoms with Crippen LogP contribution < -0.4 is 35.3 Å². The van der Waals surface area contributed by atoms with Gasteiger partial charge in [0.1, 0.15) is 6.04 Å². The Hall–Kier alpha value is -0.390. The summed E-state index contributed by atoms with van der Waals surface area (Å²) in [5.74, 6) is -0.663. The summed E-state index contributed by atoms with van der Waals surface area (Å²) in [5, 5.41) is 0.505. The average Bonchev–Trinajstić information content (AvgIpc) is 2.42. The monoisotopic (exact) mass is 287 g/mol. The minimum atomic E-state index is -5.00. The number of hydrogen-bond acceptors (Lipinski definition) is 6. The zero-order valence-electron chi connectivity index (χ0n) is 9.61. The summed E-state index contributed by atoms with van der Waals surface area (Å²) < 4.78 is 35.4. The molecule has 2 atom stereocenters. The number of carbonyl (C=O) groups is 2. The van der Waals surface area contributed by atoms with Gasteiger partial charge in [-0.2, -0.15) is 9.35 Å². The third kappa shape index (κ3) is 2.95. The van der Waals surface area contributed by atoms with E-state index in [1.54, 1.807) is 0 Å². The van der Waals surface area contributed by atoms with E-state index in [1.165, 1.54) is 0 Å². The number of piperidine rings is 1. The Morgan fingerprint density at radius 3 is 2.56 bits per heavy atom. The van der Waals surface area contributed by atoms with Crippen LogP contribution in [0.1, 0.15) is 12.8 Å². The van der Waals surface area contributed by atoms with E-state index in [1.807, 2.05) is 0 Å². The van der Waals surface area contributed by atoms with E-state index < -0.39 is 34.4 Å². The van der Waals surface area contributed by atoms with Gasteiger partial charge >= 0.3 is 35.6 Å². The maximum atomic E-state index is 11.7. The number of nitrogens with two attached hydrogens (primary N) is 1. The summed E-state index contributed by atoms with van der Waals surface area (Å²) in [5.41, 5.74) is 5.11. The molecule has 96 valence electrons. The molecule has 0 aliphatic carbocycles. The van der Waals surface area contributed by atoms with Gasteiger partial charge in [0.2, 0.25) is 16.3 Å². The topological polar surface area (TPSA) is 133 Å². The van der Waals surface area contributed by atoms with E-state index in [4.69, 9.17) is 5.73 Å². The molecule has 2 bridgehead atoms. The van der Waals surface area contributed by atoms with E-state index in [9.17, 15) is 22.6 Å². The Kier molecular flexibility index (Phi) is 4.62. The predicted molar refractivity (Wildman–Crippen MR) is 50.7 cm³/mol. The number of hydroxylamine groups is 2. The van der Waals surface area contributed by atoms with Crippen molar-refractivity contribution in [3.63, 3.8) is 0 Å². The molecule has 2 heterocycles. The smallest absolute Gasteiger partial charge is 0.724 e. The molecule has 2 aliphatic heterocycles. The first kappa shape index (κ1) is 15.7. The standard InChI is InChI=1S/C7H11N3O6S.Na/c8-6(11)5-2-1-4-3-9(5)7(12)10(4)16-17(13,14)15;/h4-5H,1-3H2,(H2,8,11)(H,13,14,15);/q;+1/p-1/t4-,5+;/m1./s1. The van der Waals surface area contributed by atoms with E-state index in [-0.39, 0.29) is 36.1 Å². The predicted octanol–water partition coefficient (Wildman–Crippen LogP) is -4.86. The Labute approximate surface area is 125 Å². The van der Waals surface area contributed by atoms with Crippen LogP contribution in [0.4, 0.5) is 4.79 Å². The summed E-state index contributed by atoms with van der Waals surface area (Å²) in [6.07, 6.45) is 0.676. The van der Waals surface area contributed by atoms with Crippen LogP contribution in [0.3, 0.4) is 0 Å². The van der Waals surface area contributed by atoms with Gasteiger partial charge in [0.15, 0.2) is 0 Å². The summed E-state index contributed by atoms with van der Waals surface area (Å²) in [6.45, 7) is 0.127. The van der Waals surface area contributed by atoms with Crippen molar-refractivity contribution in [2.75, 3.05) is 6.54 Å². The van der Waals surface area contributed by atoms with Crippen LogP contribution >= 0.6 is 0 Å². The second-order valence-corrected chi connectivity index (χ2v) is 4.86. The molecule has 0 aromatic rings. The first-order chi connectivity index (χ1) is 7.79. The normalized spacial score (nSPS) is 27.1. The number of carbonyl (C=O) groups excluding carboxylic acids is 2. The largest absolute Gasteiger partial charge is 1.00 e. The quantitative estimate of drug-likeness (QED) is 0.314. The van der Waals surface area contributed by atoms with Gasteiger partial charge in [-0.3, -0.25) is 4.79 Å². The van der Waals surface area contributed by atoms with Crippen molar-refractivity contribution in [3.05, 3.63) is 0 Å². The molecule has 0 spiro atoms. The van der Waals surface area contributed by atoms with Crippen LogP contribution in [0.5, 0.6) is 0 Å². The molecule has 9 nitrogen and oxygen atoms in total. The first-order valence-corrected chi connectivity index (χ1v) is 6.17. The van der Waals surface area contributed by atoms with Gasteiger partial charge in [-0.05, 0) is 12.8 Å². The molecule has 11 heteroatoms. The van der Waals surface area contributed by atoms with Crippen molar-refractivity contribution < 1.29 is 56.4 Å². The van der Waals surface area contributed by atoms with Gasteiger partial charge < -0.3 is 15.2 Å². The molecule has 0 saturated carbocycles. The fourth-order valence-corrected chi connectivity index (χ4v) is 2.51. The maximum Gasteiger partial charge on any atom is 1.00 e. The number of nitrogens with zero attached hydrogens (tertiary/aromatic N) is 2. The second kappa shape index (κ2) is 5.31. The summed E-state index contributed by atoms with van der Waals surface area (Å²) in [4.78, 5) is 23.9. The molecule has 2 aliphatic rings. The summed E-state index contributed by atoms with van der Waals surface area (Å²) in [7, 11) is -5.00. The maximum absolute atomic E-state index is 11.7. The molecular formula is C7H10N3NaO6S. The summed E-state index contributed by atoms with van der Waals surface area (Å²) in [6, 6.07) is -2.14. The van der Waals surface area contributed by atoms with Crippen LogP contribution in [-0.4, -0.2) is 53.5 Å². The van der Waals surface area contributed by atoms with E-state index in [0.29, 0.717) is 17.9 Å². The van der Waals surface area contributed by atoms with Crippen LogP contribution in [-0.2, 0) is 19.5 Å². The molecule has 2 rings (SSSR count). The number of amides is 3. The Morgan fingerprint density at radius 1 is 1.44 bits per heavy atom. The van der Waals surface area contributed by atoms with Gasteiger partial charge in [-0.1, -0.05) is 0 Å². The molecule has 2 N–H and O–H groups in total. The number of rotatable bonds is 3. The van der Waals surface area contributed by atoms with E-state index in [2.05, 4.69) is 4.28 Å². The van der Waals surface area contributed by atoms with Crippen molar-refractivity contribution >= 4 is 22.3 Å². The first-order valence-electron chi connectivity index (χ1n) is 4.84. The number of hydrogen-bond donors (Lipinski definition) is 1. The van der Waals surface area contributed by atoms with Crippen molar-refractivity contribution in [2.45, 2.75) is 24.9 Å². The number of urea groups is 1.